The van der Waals surface area contributed by atoms with Gasteiger partial charge in [0.2, 0.25) is 0 Å². The minimum Gasteiger partial charge on any atom is -0.495 e. The van der Waals surface area contributed by atoms with Gasteiger partial charge in [-0.05, 0) is 66.1 Å². The minimum absolute atomic E-state index is 0.0214. The third-order valence-electron chi connectivity index (χ3n) is 4.71. The summed E-state index contributed by atoms with van der Waals surface area (Å²) in [6, 6.07) is 20.3. The van der Waals surface area contributed by atoms with Crippen molar-refractivity contribution in [3.63, 3.8) is 0 Å². The highest BCUT2D eigenvalue weighted by Crippen LogP contribution is 2.26. The predicted octanol–water partition coefficient (Wildman–Crippen LogP) is 5.04. The molecule has 0 saturated carbocycles. The predicted molar refractivity (Wildman–Crippen MR) is 124 cm³/mol. The van der Waals surface area contributed by atoms with Crippen LogP contribution in [0.2, 0.25) is 0 Å². The highest BCUT2D eigenvalue weighted by atomic mass is 16.6. The number of aryl methyl sites for hydroxylation is 1. The lowest BCUT2D eigenvalue weighted by Gasteiger charge is -2.10. The second-order valence-electron chi connectivity index (χ2n) is 7.11. The van der Waals surface area contributed by atoms with Gasteiger partial charge >= 0.3 is 0 Å². The molecular formula is C25H21N3O5. The number of non-ortho nitro benzene ring substituents is 1. The maximum atomic E-state index is 12.6. The Hall–Kier alpha value is -4.64. The Morgan fingerprint density at radius 2 is 1.82 bits per heavy atom. The van der Waals surface area contributed by atoms with E-state index < -0.39 is 10.8 Å². The van der Waals surface area contributed by atoms with E-state index in [0.717, 1.165) is 11.1 Å². The van der Waals surface area contributed by atoms with Crippen LogP contribution in [-0.4, -0.2) is 17.9 Å². The van der Waals surface area contributed by atoms with E-state index in [1.54, 1.807) is 48.5 Å². The number of carbonyl (C=O) groups is 1. The van der Waals surface area contributed by atoms with E-state index in [4.69, 9.17) is 9.47 Å². The van der Waals surface area contributed by atoms with Gasteiger partial charge in [-0.1, -0.05) is 18.2 Å². The van der Waals surface area contributed by atoms with Gasteiger partial charge in [-0.2, -0.15) is 5.26 Å². The number of benzene rings is 3. The largest absolute Gasteiger partial charge is 0.495 e. The number of anilines is 1. The fourth-order valence-electron chi connectivity index (χ4n) is 2.97. The van der Waals surface area contributed by atoms with E-state index in [0.29, 0.717) is 22.7 Å². The fourth-order valence-corrected chi connectivity index (χ4v) is 2.97. The van der Waals surface area contributed by atoms with Crippen molar-refractivity contribution in [2.24, 2.45) is 0 Å². The molecule has 3 rings (SSSR count). The van der Waals surface area contributed by atoms with Gasteiger partial charge in [0.05, 0.1) is 17.7 Å². The van der Waals surface area contributed by atoms with Crippen LogP contribution in [0.25, 0.3) is 6.08 Å². The minimum atomic E-state index is -0.542. The van der Waals surface area contributed by atoms with Crippen molar-refractivity contribution in [1.29, 1.82) is 5.26 Å². The molecule has 166 valence electrons. The van der Waals surface area contributed by atoms with E-state index >= 15 is 0 Å². The summed E-state index contributed by atoms with van der Waals surface area (Å²) < 4.78 is 10.9. The molecule has 0 aromatic heterocycles. The third-order valence-corrected chi connectivity index (χ3v) is 4.71. The highest BCUT2D eigenvalue weighted by Gasteiger charge is 2.13. The van der Waals surface area contributed by atoms with Crippen LogP contribution in [-0.2, 0) is 11.4 Å². The first-order valence-corrected chi connectivity index (χ1v) is 9.93. The van der Waals surface area contributed by atoms with Gasteiger partial charge in [-0.3, -0.25) is 14.9 Å². The Morgan fingerprint density at radius 3 is 2.42 bits per heavy atom. The van der Waals surface area contributed by atoms with Crippen molar-refractivity contribution >= 4 is 23.4 Å². The summed E-state index contributed by atoms with van der Waals surface area (Å²) in [5.41, 5.74) is 2.84. The SMILES string of the molecule is COc1ccc(C)cc1NC(=O)/C(C#N)=C/c1ccc(OCc2ccc([N+](=O)[O-])cc2)cc1. The number of hydrogen-bond acceptors (Lipinski definition) is 6. The first-order chi connectivity index (χ1) is 15.9. The van der Waals surface area contributed by atoms with Gasteiger partial charge in [-0.15, -0.1) is 0 Å². The summed E-state index contributed by atoms with van der Waals surface area (Å²) in [5.74, 6) is 0.540. The van der Waals surface area contributed by atoms with Gasteiger partial charge in [-0.25, -0.2) is 0 Å². The van der Waals surface area contributed by atoms with Crippen LogP contribution in [0.4, 0.5) is 11.4 Å². The number of hydrogen-bond donors (Lipinski definition) is 1. The van der Waals surface area contributed by atoms with Crippen molar-refractivity contribution in [2.45, 2.75) is 13.5 Å². The molecule has 1 amide bonds. The molecule has 3 aromatic rings. The maximum Gasteiger partial charge on any atom is 0.269 e. The first kappa shape index (κ1) is 23.0. The number of nitrogens with zero attached hydrogens (tertiary/aromatic N) is 2. The van der Waals surface area contributed by atoms with Crippen molar-refractivity contribution < 1.29 is 19.2 Å². The van der Waals surface area contributed by atoms with Crippen molar-refractivity contribution in [1.82, 2.24) is 0 Å². The topological polar surface area (TPSA) is 114 Å². The number of nitro benzene ring substituents is 1. The van der Waals surface area contributed by atoms with E-state index in [2.05, 4.69) is 5.32 Å². The summed E-state index contributed by atoms with van der Waals surface area (Å²) in [4.78, 5) is 22.9. The van der Waals surface area contributed by atoms with Gasteiger partial charge < -0.3 is 14.8 Å². The molecule has 0 unspecified atom stereocenters. The Morgan fingerprint density at radius 1 is 1.12 bits per heavy atom. The summed E-state index contributed by atoms with van der Waals surface area (Å²) in [6.45, 7) is 2.14. The number of nitro groups is 1. The van der Waals surface area contributed by atoms with E-state index in [9.17, 15) is 20.2 Å². The van der Waals surface area contributed by atoms with E-state index in [1.165, 1.54) is 25.3 Å². The molecule has 33 heavy (non-hydrogen) atoms. The van der Waals surface area contributed by atoms with Crippen LogP contribution in [0.15, 0.2) is 72.3 Å². The Bertz CT molecular complexity index is 1230. The Labute approximate surface area is 190 Å². The molecule has 0 fully saturated rings. The Balaban J connectivity index is 1.65. The standard InChI is InChI=1S/C25H21N3O5/c1-17-3-12-24(32-2)23(13-17)27-25(29)20(15-26)14-18-6-10-22(11-7-18)33-16-19-4-8-21(9-5-19)28(30)31/h3-14H,16H2,1-2H3,(H,27,29)/b20-14+. The van der Waals surface area contributed by atoms with Gasteiger partial charge in [0.15, 0.2) is 0 Å². The smallest absolute Gasteiger partial charge is 0.269 e. The van der Waals surface area contributed by atoms with Gasteiger partial charge in [0, 0.05) is 12.1 Å². The second kappa shape index (κ2) is 10.6. The average Bonchev–Trinajstić information content (AvgIpc) is 2.82. The maximum absolute atomic E-state index is 12.6. The molecule has 3 aromatic carbocycles. The molecule has 8 heteroatoms. The number of nitrogens with one attached hydrogen (secondary N) is 1. The zero-order valence-electron chi connectivity index (χ0n) is 18.1. The van der Waals surface area contributed by atoms with Crippen LogP contribution in [0, 0.1) is 28.4 Å². The summed E-state index contributed by atoms with van der Waals surface area (Å²) in [7, 11) is 1.51. The average molecular weight is 443 g/mol. The van der Waals surface area contributed by atoms with E-state index in [-0.39, 0.29) is 17.9 Å². The third kappa shape index (κ3) is 6.18. The quantitative estimate of drug-likeness (QED) is 0.226. The molecule has 0 saturated heterocycles. The normalized spacial score (nSPS) is 10.8. The lowest BCUT2D eigenvalue weighted by molar-refractivity contribution is -0.384. The monoisotopic (exact) mass is 443 g/mol. The van der Waals surface area contributed by atoms with Crippen LogP contribution in [0.3, 0.4) is 0 Å². The molecule has 0 radical (unpaired) electrons. The summed E-state index contributed by atoms with van der Waals surface area (Å²) in [5, 5.41) is 22.9. The van der Waals surface area contributed by atoms with E-state index in [1.807, 2.05) is 19.1 Å². The number of methoxy groups -OCH3 is 1. The number of carbonyl (C=O) groups excluding carboxylic acids is 1. The lowest BCUT2D eigenvalue weighted by Crippen LogP contribution is -2.14. The van der Waals surface area contributed by atoms with Crippen molar-refractivity contribution in [2.75, 3.05) is 12.4 Å². The number of amides is 1. The van der Waals surface area contributed by atoms with Gasteiger partial charge in [0.1, 0.15) is 29.7 Å². The summed E-state index contributed by atoms with van der Waals surface area (Å²) in [6.07, 6.45) is 1.48. The first-order valence-electron chi connectivity index (χ1n) is 9.93. The zero-order valence-corrected chi connectivity index (χ0v) is 18.1. The molecule has 1 N–H and O–H groups in total. The number of ether oxygens (including phenoxy) is 2. The lowest BCUT2D eigenvalue weighted by atomic mass is 10.1. The Kier molecular flexibility index (Phi) is 7.39. The molecule has 0 aliphatic rings. The van der Waals surface area contributed by atoms with Crippen LogP contribution >= 0.6 is 0 Å². The van der Waals surface area contributed by atoms with Crippen molar-refractivity contribution in [3.05, 3.63) is 99.1 Å². The zero-order chi connectivity index (χ0) is 23.8. The molecule has 0 aliphatic carbocycles. The molecule has 0 bridgehead atoms. The molecule has 0 heterocycles. The van der Waals surface area contributed by atoms with Crippen LogP contribution in [0.5, 0.6) is 11.5 Å². The highest BCUT2D eigenvalue weighted by molar-refractivity contribution is 6.10. The number of nitriles is 1. The van der Waals surface area contributed by atoms with Crippen LogP contribution < -0.4 is 14.8 Å². The molecular weight excluding hydrogens is 422 g/mol. The fraction of sp³-hybridized carbons (Fsp3) is 0.120. The number of rotatable bonds is 8. The summed E-state index contributed by atoms with van der Waals surface area (Å²) >= 11 is 0. The molecule has 0 spiro atoms. The van der Waals surface area contributed by atoms with Crippen LogP contribution in [0.1, 0.15) is 16.7 Å². The molecule has 0 aliphatic heterocycles. The van der Waals surface area contributed by atoms with Gasteiger partial charge in [0.25, 0.3) is 11.6 Å². The molecule has 0 atom stereocenters. The van der Waals surface area contributed by atoms with Crippen molar-refractivity contribution in [3.8, 4) is 17.6 Å². The second-order valence-corrected chi connectivity index (χ2v) is 7.11. The molecule has 8 nitrogen and oxygen atoms in total.